The number of ether oxygens (including phenoxy) is 1. The second-order valence-electron chi connectivity index (χ2n) is 8.78. The number of hydrogen-bond acceptors (Lipinski definition) is 5. The molecule has 0 spiro atoms. The molecule has 1 aromatic carbocycles. The van der Waals surface area contributed by atoms with Crippen LogP contribution in [0.2, 0.25) is 0 Å². The maximum Gasteiger partial charge on any atom is 0.267 e. The zero-order valence-electron chi connectivity index (χ0n) is 17.0. The second kappa shape index (κ2) is 7.74. The Kier molecular flexibility index (Phi) is 5.32. The lowest BCUT2D eigenvalue weighted by Crippen LogP contribution is -2.48. The van der Waals surface area contributed by atoms with E-state index in [1.807, 2.05) is 31.2 Å². The van der Waals surface area contributed by atoms with E-state index in [9.17, 15) is 4.79 Å². The fourth-order valence-electron chi connectivity index (χ4n) is 4.21. The van der Waals surface area contributed by atoms with E-state index in [-0.39, 0.29) is 11.3 Å². The molecule has 1 atom stereocenters. The third-order valence-electron chi connectivity index (χ3n) is 6.35. The van der Waals surface area contributed by atoms with Crippen molar-refractivity contribution in [1.29, 1.82) is 0 Å². The number of methoxy groups -OCH3 is 1. The maximum absolute atomic E-state index is 12.9. The summed E-state index contributed by atoms with van der Waals surface area (Å²) < 4.78 is 5.20. The number of benzene rings is 1. The van der Waals surface area contributed by atoms with Crippen LogP contribution >= 0.6 is 0 Å². The molecule has 4 rings (SSSR count). The lowest BCUT2D eigenvalue weighted by Gasteiger charge is -2.31. The fourth-order valence-corrected chi connectivity index (χ4v) is 4.21. The van der Waals surface area contributed by atoms with E-state index >= 15 is 0 Å². The molecule has 1 saturated carbocycles. The molecule has 0 aromatic heterocycles. The molecule has 2 fully saturated rings. The van der Waals surface area contributed by atoms with Gasteiger partial charge >= 0.3 is 0 Å². The first-order valence-corrected chi connectivity index (χ1v) is 10.4. The molecular weight excluding hydrogens is 354 g/mol. The van der Waals surface area contributed by atoms with Crippen LogP contribution in [0.3, 0.4) is 0 Å². The van der Waals surface area contributed by atoms with Crippen molar-refractivity contribution in [1.82, 2.24) is 10.2 Å². The lowest BCUT2D eigenvalue weighted by molar-refractivity contribution is -0.142. The Bertz CT molecular complexity index is 736. The van der Waals surface area contributed by atoms with Gasteiger partial charge in [-0.1, -0.05) is 11.6 Å². The van der Waals surface area contributed by atoms with E-state index in [2.05, 4.69) is 15.4 Å². The third-order valence-corrected chi connectivity index (χ3v) is 6.35. The molecule has 0 bridgehead atoms. The highest BCUT2D eigenvalue weighted by Gasteiger charge is 2.47. The minimum Gasteiger partial charge on any atom is -0.497 e. The Morgan fingerprint density at radius 1 is 1.21 bits per heavy atom. The van der Waals surface area contributed by atoms with Crippen molar-refractivity contribution in [3.05, 3.63) is 29.8 Å². The molecule has 2 aliphatic heterocycles. The van der Waals surface area contributed by atoms with Crippen LogP contribution in [0.5, 0.6) is 5.75 Å². The van der Waals surface area contributed by atoms with E-state index in [0.717, 1.165) is 30.1 Å². The summed E-state index contributed by atoms with van der Waals surface area (Å²) in [4.78, 5) is 21.0. The molecule has 1 aromatic rings. The van der Waals surface area contributed by atoms with Crippen LogP contribution in [-0.4, -0.2) is 55.4 Å². The molecule has 1 amide bonds. The highest BCUT2D eigenvalue weighted by Crippen LogP contribution is 2.46. The number of rotatable bonds is 7. The molecule has 3 aliphatic rings. The van der Waals surface area contributed by atoms with E-state index in [4.69, 9.17) is 9.57 Å². The van der Waals surface area contributed by atoms with Crippen molar-refractivity contribution >= 4 is 11.6 Å². The summed E-state index contributed by atoms with van der Waals surface area (Å²) in [5.41, 5.74) is 1.09. The van der Waals surface area contributed by atoms with Gasteiger partial charge in [0.25, 0.3) is 5.91 Å². The average Bonchev–Trinajstić information content (AvgIpc) is 3.37. The molecule has 0 radical (unpaired) electrons. The Labute approximate surface area is 167 Å². The van der Waals surface area contributed by atoms with Gasteiger partial charge in [-0.2, -0.15) is 0 Å². The highest BCUT2D eigenvalue weighted by molar-refractivity contribution is 6.05. The Morgan fingerprint density at radius 3 is 2.57 bits per heavy atom. The number of hydrogen-bond donors (Lipinski definition) is 1. The van der Waals surface area contributed by atoms with Gasteiger partial charge in [0, 0.05) is 24.9 Å². The zero-order chi connectivity index (χ0) is 19.6. The van der Waals surface area contributed by atoms with Crippen molar-refractivity contribution < 1.29 is 14.4 Å². The topological polar surface area (TPSA) is 63.2 Å². The molecular formula is C22H31N3O3. The third kappa shape index (κ3) is 4.17. The SMILES string of the molecule is COc1ccc(C2=NOC(C)(C(=O)NCC3(CN4CCCCC4)CC3)C2)cc1. The Morgan fingerprint density at radius 2 is 1.93 bits per heavy atom. The van der Waals surface area contributed by atoms with Crippen LogP contribution in [0.15, 0.2) is 29.4 Å². The number of amides is 1. The lowest BCUT2D eigenvalue weighted by atomic mass is 9.94. The van der Waals surface area contributed by atoms with Crippen LogP contribution in [-0.2, 0) is 9.63 Å². The number of nitrogens with zero attached hydrogens (tertiary/aromatic N) is 2. The molecule has 2 heterocycles. The summed E-state index contributed by atoms with van der Waals surface area (Å²) in [6, 6.07) is 7.68. The minimum absolute atomic E-state index is 0.0651. The minimum atomic E-state index is -0.934. The van der Waals surface area contributed by atoms with Gasteiger partial charge in [-0.3, -0.25) is 4.79 Å². The van der Waals surface area contributed by atoms with Crippen LogP contribution in [0.4, 0.5) is 0 Å². The van der Waals surface area contributed by atoms with Crippen molar-refractivity contribution in [3.8, 4) is 5.75 Å². The predicted octanol–water partition coefficient (Wildman–Crippen LogP) is 2.96. The van der Waals surface area contributed by atoms with Gasteiger partial charge in [-0.25, -0.2) is 0 Å². The molecule has 6 nitrogen and oxygen atoms in total. The average molecular weight is 386 g/mol. The number of nitrogens with one attached hydrogen (secondary N) is 1. The molecule has 6 heteroatoms. The van der Waals surface area contributed by atoms with Gasteiger partial charge < -0.3 is 19.8 Å². The van der Waals surface area contributed by atoms with E-state index in [1.165, 1.54) is 45.2 Å². The molecule has 1 saturated heterocycles. The normalized spacial score (nSPS) is 26.3. The first-order valence-electron chi connectivity index (χ1n) is 10.4. The van der Waals surface area contributed by atoms with E-state index < -0.39 is 5.60 Å². The van der Waals surface area contributed by atoms with Crippen LogP contribution in [0.1, 0.15) is 51.0 Å². The van der Waals surface area contributed by atoms with Gasteiger partial charge in [-0.15, -0.1) is 0 Å². The molecule has 28 heavy (non-hydrogen) atoms. The number of oxime groups is 1. The molecule has 152 valence electrons. The van der Waals surface area contributed by atoms with E-state index in [0.29, 0.717) is 6.42 Å². The van der Waals surface area contributed by atoms with Crippen molar-refractivity contribution in [2.75, 3.05) is 33.3 Å². The second-order valence-corrected chi connectivity index (χ2v) is 8.78. The quantitative estimate of drug-likeness (QED) is 0.784. The smallest absolute Gasteiger partial charge is 0.267 e. The van der Waals surface area contributed by atoms with Crippen LogP contribution in [0, 0.1) is 5.41 Å². The number of likely N-dealkylation sites (tertiary alicyclic amines) is 1. The zero-order valence-corrected chi connectivity index (χ0v) is 17.0. The molecule has 1 unspecified atom stereocenters. The largest absolute Gasteiger partial charge is 0.497 e. The van der Waals surface area contributed by atoms with Crippen molar-refractivity contribution in [3.63, 3.8) is 0 Å². The molecule has 1 aliphatic carbocycles. The number of piperidine rings is 1. The predicted molar refractivity (Wildman–Crippen MR) is 109 cm³/mol. The fraction of sp³-hybridized carbons (Fsp3) is 0.636. The van der Waals surface area contributed by atoms with Gasteiger partial charge in [0.15, 0.2) is 0 Å². The van der Waals surface area contributed by atoms with E-state index in [1.54, 1.807) is 7.11 Å². The summed E-state index contributed by atoms with van der Waals surface area (Å²) in [5.74, 6) is 0.733. The first-order chi connectivity index (χ1) is 13.5. The number of carbonyl (C=O) groups is 1. The summed E-state index contributed by atoms with van der Waals surface area (Å²) in [6.07, 6.45) is 6.85. The van der Waals surface area contributed by atoms with Crippen molar-refractivity contribution in [2.45, 2.75) is 51.0 Å². The maximum atomic E-state index is 12.9. The van der Waals surface area contributed by atoms with Crippen LogP contribution in [0.25, 0.3) is 0 Å². The van der Waals surface area contributed by atoms with Gasteiger partial charge in [0.05, 0.1) is 12.8 Å². The summed E-state index contributed by atoms with van der Waals surface area (Å²) >= 11 is 0. The first kappa shape index (κ1) is 19.2. The van der Waals surface area contributed by atoms with Gasteiger partial charge in [0.2, 0.25) is 5.60 Å². The standard InChI is InChI=1S/C22H31N3O3/c1-21(14-19(24-28-21)17-6-8-18(27-2)9-7-17)20(26)23-15-22(10-11-22)16-25-12-4-3-5-13-25/h6-9H,3-5,10-16H2,1-2H3,(H,23,26). The highest BCUT2D eigenvalue weighted by atomic mass is 16.7. The number of carbonyl (C=O) groups excluding carboxylic acids is 1. The summed E-state index contributed by atoms with van der Waals surface area (Å²) in [7, 11) is 1.64. The Hall–Kier alpha value is -2.08. The van der Waals surface area contributed by atoms with Crippen LogP contribution < -0.4 is 10.1 Å². The van der Waals surface area contributed by atoms with Gasteiger partial charge in [-0.05, 0) is 75.5 Å². The Balaban J connectivity index is 1.30. The monoisotopic (exact) mass is 385 g/mol. The molecule has 1 N–H and O–H groups in total. The summed E-state index contributed by atoms with van der Waals surface area (Å²) in [6.45, 7) is 6.08. The van der Waals surface area contributed by atoms with Gasteiger partial charge in [0.1, 0.15) is 5.75 Å². The summed E-state index contributed by atoms with van der Waals surface area (Å²) in [5, 5.41) is 7.36. The van der Waals surface area contributed by atoms with Crippen molar-refractivity contribution in [2.24, 2.45) is 10.6 Å².